The highest BCUT2D eigenvalue weighted by Crippen LogP contribution is 2.32. The van der Waals surface area contributed by atoms with Crippen LogP contribution in [-0.4, -0.2) is 24.7 Å². The first kappa shape index (κ1) is 11.6. The third-order valence-corrected chi connectivity index (χ3v) is 6.58. The third kappa shape index (κ3) is 1.99. The fourth-order valence-corrected chi connectivity index (χ4v) is 5.21. The van der Waals surface area contributed by atoms with Crippen molar-refractivity contribution in [2.75, 3.05) is 0 Å². The van der Waals surface area contributed by atoms with Gasteiger partial charge in [-0.15, -0.1) is 11.3 Å². The fourth-order valence-electron chi connectivity index (χ4n) is 1.94. The van der Waals surface area contributed by atoms with Gasteiger partial charge in [0.2, 0.25) is 0 Å². The van der Waals surface area contributed by atoms with Gasteiger partial charge in [-0.25, -0.2) is 13.2 Å². The molecule has 1 aromatic rings. The summed E-state index contributed by atoms with van der Waals surface area (Å²) in [6.07, 6.45) is 3.29. The molecule has 1 aromatic heterocycles. The quantitative estimate of drug-likeness (QED) is 0.904. The van der Waals surface area contributed by atoms with Gasteiger partial charge in [0.05, 0.1) is 10.8 Å². The molecule has 6 heteroatoms. The molecule has 1 aliphatic carbocycles. The van der Waals surface area contributed by atoms with Gasteiger partial charge in [-0.3, -0.25) is 0 Å². The van der Waals surface area contributed by atoms with E-state index in [0.717, 1.165) is 24.2 Å². The van der Waals surface area contributed by atoms with Gasteiger partial charge in [-0.1, -0.05) is 12.8 Å². The lowest BCUT2D eigenvalue weighted by atomic mass is 10.4. The van der Waals surface area contributed by atoms with E-state index in [1.54, 1.807) is 0 Å². The molecule has 16 heavy (non-hydrogen) atoms. The molecule has 1 fully saturated rings. The number of hydrogen-bond acceptors (Lipinski definition) is 4. The Morgan fingerprint density at radius 2 is 2.00 bits per heavy atom. The lowest BCUT2D eigenvalue weighted by Gasteiger charge is -2.08. The SMILES string of the molecule is O=C(O)c1csc(S(=O)(=O)C2CCCC2)c1. The Kier molecular flexibility index (Phi) is 3.03. The zero-order valence-electron chi connectivity index (χ0n) is 8.55. The van der Waals surface area contributed by atoms with Gasteiger partial charge in [0.25, 0.3) is 0 Å². The standard InChI is InChI=1S/C10H12O4S2/c11-10(12)7-5-9(15-6-7)16(13,14)8-3-1-2-4-8/h5-6,8H,1-4H2,(H,11,12). The average molecular weight is 260 g/mol. The maximum absolute atomic E-state index is 12.1. The summed E-state index contributed by atoms with van der Waals surface area (Å²) in [7, 11) is -3.30. The predicted molar refractivity (Wildman–Crippen MR) is 60.7 cm³/mol. The molecule has 1 N–H and O–H groups in total. The number of carbonyl (C=O) groups is 1. The third-order valence-electron chi connectivity index (χ3n) is 2.84. The van der Waals surface area contributed by atoms with Crippen LogP contribution in [0.25, 0.3) is 0 Å². The maximum Gasteiger partial charge on any atom is 0.336 e. The molecule has 1 saturated carbocycles. The van der Waals surface area contributed by atoms with Crippen molar-refractivity contribution in [3.05, 3.63) is 17.0 Å². The zero-order chi connectivity index (χ0) is 11.8. The van der Waals surface area contributed by atoms with Gasteiger partial charge in [0.15, 0.2) is 9.84 Å². The van der Waals surface area contributed by atoms with Crippen molar-refractivity contribution in [3.8, 4) is 0 Å². The number of carboxylic acid groups (broad SMARTS) is 1. The largest absolute Gasteiger partial charge is 0.478 e. The highest BCUT2D eigenvalue weighted by molar-refractivity contribution is 7.94. The molecular formula is C10H12O4S2. The van der Waals surface area contributed by atoms with E-state index in [9.17, 15) is 13.2 Å². The molecule has 0 amide bonds. The van der Waals surface area contributed by atoms with Crippen LogP contribution in [0.1, 0.15) is 36.0 Å². The minimum absolute atomic E-state index is 0.0570. The Morgan fingerprint density at radius 3 is 2.50 bits per heavy atom. The molecule has 0 saturated heterocycles. The number of rotatable bonds is 3. The zero-order valence-corrected chi connectivity index (χ0v) is 10.2. The maximum atomic E-state index is 12.1. The van der Waals surface area contributed by atoms with E-state index < -0.39 is 15.8 Å². The summed E-state index contributed by atoms with van der Waals surface area (Å²) in [6, 6.07) is 1.26. The molecule has 1 aliphatic rings. The second kappa shape index (κ2) is 4.18. The summed E-state index contributed by atoms with van der Waals surface area (Å²) in [5.74, 6) is -1.08. The molecule has 1 heterocycles. The number of thiophene rings is 1. The molecule has 2 rings (SSSR count). The smallest absolute Gasteiger partial charge is 0.336 e. The van der Waals surface area contributed by atoms with Gasteiger partial charge in [0.1, 0.15) is 4.21 Å². The van der Waals surface area contributed by atoms with Crippen molar-refractivity contribution >= 4 is 27.1 Å². The van der Waals surface area contributed by atoms with E-state index in [1.807, 2.05) is 0 Å². The minimum atomic E-state index is -3.30. The van der Waals surface area contributed by atoms with Crippen LogP contribution in [0.2, 0.25) is 0 Å². The van der Waals surface area contributed by atoms with Gasteiger partial charge in [-0.05, 0) is 18.9 Å². The summed E-state index contributed by atoms with van der Waals surface area (Å²) < 4.78 is 24.4. The van der Waals surface area contributed by atoms with Crippen molar-refractivity contribution in [2.45, 2.75) is 35.1 Å². The van der Waals surface area contributed by atoms with Crippen LogP contribution in [0.15, 0.2) is 15.7 Å². The molecule has 0 aromatic carbocycles. The van der Waals surface area contributed by atoms with Crippen LogP contribution in [0.5, 0.6) is 0 Å². The lowest BCUT2D eigenvalue weighted by molar-refractivity contribution is 0.0697. The van der Waals surface area contributed by atoms with Crippen molar-refractivity contribution in [2.24, 2.45) is 0 Å². The predicted octanol–water partition coefficient (Wildman–Crippen LogP) is 2.16. The van der Waals surface area contributed by atoms with Crippen molar-refractivity contribution < 1.29 is 18.3 Å². The highest BCUT2D eigenvalue weighted by Gasteiger charge is 2.31. The molecule has 0 bridgehead atoms. The molecule has 4 nitrogen and oxygen atoms in total. The Bertz CT molecular complexity index is 495. The fraction of sp³-hybridized carbons (Fsp3) is 0.500. The lowest BCUT2D eigenvalue weighted by Crippen LogP contribution is -2.16. The monoisotopic (exact) mass is 260 g/mol. The van der Waals surface area contributed by atoms with Crippen LogP contribution >= 0.6 is 11.3 Å². The first-order valence-corrected chi connectivity index (χ1v) is 7.50. The summed E-state index contributed by atoms with van der Waals surface area (Å²) in [5, 5.41) is 9.81. The van der Waals surface area contributed by atoms with E-state index in [1.165, 1.54) is 11.4 Å². The van der Waals surface area contributed by atoms with Gasteiger partial charge in [-0.2, -0.15) is 0 Å². The molecule has 0 aliphatic heterocycles. The van der Waals surface area contributed by atoms with Crippen LogP contribution in [0.4, 0.5) is 0 Å². The summed E-state index contributed by atoms with van der Waals surface area (Å²) in [5.41, 5.74) is 0.0570. The number of aromatic carboxylic acids is 1. The van der Waals surface area contributed by atoms with E-state index in [2.05, 4.69) is 0 Å². The minimum Gasteiger partial charge on any atom is -0.478 e. The van der Waals surface area contributed by atoms with Crippen LogP contribution in [0, 0.1) is 0 Å². The Hall–Kier alpha value is -0.880. The topological polar surface area (TPSA) is 71.4 Å². The molecule has 88 valence electrons. The van der Waals surface area contributed by atoms with Gasteiger partial charge in [0, 0.05) is 5.38 Å². The Labute approximate surface area is 97.8 Å². The first-order valence-electron chi connectivity index (χ1n) is 5.07. The van der Waals surface area contributed by atoms with E-state index in [0.29, 0.717) is 12.8 Å². The molecule has 0 spiro atoms. The van der Waals surface area contributed by atoms with Crippen molar-refractivity contribution in [3.63, 3.8) is 0 Å². The van der Waals surface area contributed by atoms with Gasteiger partial charge >= 0.3 is 5.97 Å². The number of sulfone groups is 1. The van der Waals surface area contributed by atoms with Gasteiger partial charge < -0.3 is 5.11 Å². The Morgan fingerprint density at radius 1 is 1.38 bits per heavy atom. The van der Waals surface area contributed by atoms with Crippen LogP contribution in [-0.2, 0) is 9.84 Å². The molecular weight excluding hydrogens is 248 g/mol. The summed E-state index contributed by atoms with van der Waals surface area (Å²) in [6.45, 7) is 0. The second-order valence-corrected chi connectivity index (χ2v) is 7.28. The van der Waals surface area contributed by atoms with Crippen LogP contribution in [0.3, 0.4) is 0 Å². The van der Waals surface area contributed by atoms with E-state index in [4.69, 9.17) is 5.11 Å². The first-order chi connectivity index (χ1) is 7.51. The second-order valence-electron chi connectivity index (χ2n) is 3.91. The number of hydrogen-bond donors (Lipinski definition) is 1. The molecule has 0 radical (unpaired) electrons. The highest BCUT2D eigenvalue weighted by atomic mass is 32.2. The average Bonchev–Trinajstić information content (AvgIpc) is 2.90. The molecule has 0 atom stereocenters. The van der Waals surface area contributed by atoms with E-state index >= 15 is 0 Å². The van der Waals surface area contributed by atoms with Crippen molar-refractivity contribution in [1.82, 2.24) is 0 Å². The number of carboxylic acids is 1. The normalized spacial score (nSPS) is 17.8. The Balaban J connectivity index is 2.31. The van der Waals surface area contributed by atoms with E-state index in [-0.39, 0.29) is 15.0 Å². The van der Waals surface area contributed by atoms with Crippen LogP contribution < -0.4 is 0 Å². The van der Waals surface area contributed by atoms with Crippen molar-refractivity contribution in [1.29, 1.82) is 0 Å². The molecule has 0 unspecified atom stereocenters. The summed E-state index contributed by atoms with van der Waals surface area (Å²) >= 11 is 1.00. The summed E-state index contributed by atoms with van der Waals surface area (Å²) in [4.78, 5) is 10.7.